The summed E-state index contributed by atoms with van der Waals surface area (Å²) >= 11 is 5.99. The van der Waals surface area contributed by atoms with Gasteiger partial charge in [0.25, 0.3) is 5.91 Å². The molecule has 1 aromatic carbocycles. The van der Waals surface area contributed by atoms with E-state index < -0.39 is 23.2 Å². The van der Waals surface area contributed by atoms with Crippen molar-refractivity contribution >= 4 is 17.5 Å². The van der Waals surface area contributed by atoms with Gasteiger partial charge in [-0.25, -0.2) is 0 Å². The van der Waals surface area contributed by atoms with E-state index in [0.29, 0.717) is 11.4 Å². The number of halogens is 4. The molecule has 2 aromatic rings. The molecule has 2 rings (SSSR count). The number of hydrogen-bond acceptors (Lipinski definition) is 2. The molecular weight excluding hydrogens is 329 g/mol. The third-order valence-corrected chi connectivity index (χ3v) is 3.57. The average Bonchev–Trinajstić information content (AvgIpc) is 2.49. The molecule has 0 bridgehead atoms. The van der Waals surface area contributed by atoms with E-state index in [-0.39, 0.29) is 6.54 Å². The molecule has 1 heterocycles. The van der Waals surface area contributed by atoms with Crippen molar-refractivity contribution in [2.24, 2.45) is 0 Å². The average molecular weight is 343 g/mol. The highest BCUT2D eigenvalue weighted by atomic mass is 35.5. The lowest BCUT2D eigenvalue weighted by molar-refractivity contribution is -0.137. The van der Waals surface area contributed by atoms with Gasteiger partial charge >= 0.3 is 6.18 Å². The minimum atomic E-state index is -4.57. The van der Waals surface area contributed by atoms with Gasteiger partial charge < -0.3 is 5.32 Å². The fourth-order valence-corrected chi connectivity index (χ4v) is 2.32. The molecule has 7 heteroatoms. The zero-order valence-electron chi connectivity index (χ0n) is 12.2. The van der Waals surface area contributed by atoms with Gasteiger partial charge in [-0.2, -0.15) is 13.2 Å². The van der Waals surface area contributed by atoms with Gasteiger partial charge in [0.15, 0.2) is 0 Å². The van der Waals surface area contributed by atoms with Crippen LogP contribution in [0.25, 0.3) is 0 Å². The van der Waals surface area contributed by atoms with Crippen LogP contribution < -0.4 is 5.32 Å². The normalized spacial score (nSPS) is 11.3. The van der Waals surface area contributed by atoms with Gasteiger partial charge in [-0.3, -0.25) is 9.78 Å². The van der Waals surface area contributed by atoms with E-state index in [4.69, 9.17) is 11.6 Å². The van der Waals surface area contributed by atoms with Gasteiger partial charge in [-0.15, -0.1) is 0 Å². The Morgan fingerprint density at radius 1 is 1.30 bits per heavy atom. The predicted octanol–water partition coefficient (Wildman–Crippen LogP) is 4.03. The molecule has 3 nitrogen and oxygen atoms in total. The number of carbonyl (C=O) groups is 1. The second-order valence-corrected chi connectivity index (χ2v) is 5.37. The van der Waals surface area contributed by atoms with Crippen molar-refractivity contribution in [1.82, 2.24) is 10.3 Å². The first-order valence-corrected chi connectivity index (χ1v) is 7.22. The Morgan fingerprint density at radius 2 is 2.00 bits per heavy atom. The van der Waals surface area contributed by atoms with Crippen molar-refractivity contribution in [3.63, 3.8) is 0 Å². The van der Waals surface area contributed by atoms with Gasteiger partial charge in [0.2, 0.25) is 0 Å². The summed E-state index contributed by atoms with van der Waals surface area (Å²) in [6, 6.07) is 6.46. The van der Waals surface area contributed by atoms with Crippen LogP contribution in [-0.2, 0) is 12.6 Å². The van der Waals surface area contributed by atoms with E-state index in [1.165, 1.54) is 18.3 Å². The lowest BCUT2D eigenvalue weighted by Crippen LogP contribution is -2.28. The number of pyridine rings is 1. The molecule has 1 aromatic heterocycles. The van der Waals surface area contributed by atoms with E-state index in [1.54, 1.807) is 13.0 Å². The highest BCUT2D eigenvalue weighted by Crippen LogP contribution is 2.31. The fraction of sp³-hybridized carbons (Fsp3) is 0.250. The zero-order valence-corrected chi connectivity index (χ0v) is 13.0. The standard InChI is InChI=1S/C16H14ClF3N2O/c1-10-8-11(14(17)9-22-10)6-7-21-15(23)12-4-2-3-5-13(12)16(18,19)20/h2-5,8-9H,6-7H2,1H3,(H,21,23). The third kappa shape index (κ3) is 4.45. The van der Waals surface area contributed by atoms with Crippen LogP contribution in [0.2, 0.25) is 5.02 Å². The van der Waals surface area contributed by atoms with Crippen LogP contribution in [-0.4, -0.2) is 17.4 Å². The molecular formula is C16H14ClF3N2O. The quantitative estimate of drug-likeness (QED) is 0.911. The van der Waals surface area contributed by atoms with Crippen molar-refractivity contribution in [3.8, 4) is 0 Å². The van der Waals surface area contributed by atoms with Crippen molar-refractivity contribution in [2.75, 3.05) is 6.54 Å². The Hall–Kier alpha value is -2.08. The molecule has 1 N–H and O–H groups in total. The molecule has 0 radical (unpaired) electrons. The number of rotatable bonds is 4. The maximum Gasteiger partial charge on any atom is 0.417 e. The van der Waals surface area contributed by atoms with Crippen molar-refractivity contribution in [2.45, 2.75) is 19.5 Å². The van der Waals surface area contributed by atoms with Crippen LogP contribution in [0.4, 0.5) is 13.2 Å². The van der Waals surface area contributed by atoms with Crippen molar-refractivity contribution < 1.29 is 18.0 Å². The lowest BCUT2D eigenvalue weighted by Gasteiger charge is -2.13. The predicted molar refractivity (Wildman–Crippen MR) is 81.5 cm³/mol. The van der Waals surface area contributed by atoms with Gasteiger partial charge in [-0.05, 0) is 37.1 Å². The van der Waals surface area contributed by atoms with Crippen LogP contribution in [0.3, 0.4) is 0 Å². The Bertz CT molecular complexity index is 717. The Balaban J connectivity index is 2.05. The number of nitrogens with zero attached hydrogens (tertiary/aromatic N) is 1. The van der Waals surface area contributed by atoms with Gasteiger partial charge in [0, 0.05) is 18.4 Å². The zero-order chi connectivity index (χ0) is 17.0. The van der Waals surface area contributed by atoms with Crippen LogP contribution in [0, 0.1) is 6.92 Å². The molecule has 0 fully saturated rings. The summed E-state index contributed by atoms with van der Waals surface area (Å²) in [6.45, 7) is 1.98. The molecule has 0 spiro atoms. The topological polar surface area (TPSA) is 42.0 Å². The van der Waals surface area contributed by atoms with Crippen molar-refractivity contribution in [1.29, 1.82) is 0 Å². The Kier molecular flexibility index (Phi) is 5.26. The second kappa shape index (κ2) is 7.00. The van der Waals surface area contributed by atoms with Crippen LogP contribution in [0.15, 0.2) is 36.5 Å². The first-order chi connectivity index (χ1) is 10.8. The van der Waals surface area contributed by atoms with Gasteiger partial charge in [0.05, 0.1) is 16.1 Å². The maximum absolute atomic E-state index is 12.9. The summed E-state index contributed by atoms with van der Waals surface area (Å²) in [4.78, 5) is 16.0. The van der Waals surface area contributed by atoms with Crippen LogP contribution in [0.5, 0.6) is 0 Å². The van der Waals surface area contributed by atoms with E-state index >= 15 is 0 Å². The maximum atomic E-state index is 12.9. The lowest BCUT2D eigenvalue weighted by atomic mass is 10.1. The van der Waals surface area contributed by atoms with E-state index in [2.05, 4.69) is 10.3 Å². The molecule has 0 atom stereocenters. The molecule has 0 aliphatic carbocycles. The first-order valence-electron chi connectivity index (χ1n) is 6.84. The molecule has 0 saturated carbocycles. The monoisotopic (exact) mass is 342 g/mol. The van der Waals surface area contributed by atoms with Gasteiger partial charge in [0.1, 0.15) is 0 Å². The van der Waals surface area contributed by atoms with E-state index in [1.807, 2.05) is 0 Å². The summed E-state index contributed by atoms with van der Waals surface area (Å²) in [5.41, 5.74) is 0.217. The van der Waals surface area contributed by atoms with Crippen molar-refractivity contribution in [3.05, 3.63) is 63.9 Å². The number of alkyl halides is 3. The van der Waals surface area contributed by atoms with Gasteiger partial charge in [-0.1, -0.05) is 23.7 Å². The Morgan fingerprint density at radius 3 is 2.70 bits per heavy atom. The molecule has 0 unspecified atom stereocenters. The number of carbonyl (C=O) groups excluding carboxylic acids is 1. The molecule has 0 saturated heterocycles. The number of amides is 1. The SMILES string of the molecule is Cc1cc(CCNC(=O)c2ccccc2C(F)(F)F)c(Cl)cn1. The minimum absolute atomic E-state index is 0.175. The first kappa shape index (κ1) is 17.3. The number of aryl methyl sites for hydroxylation is 1. The van der Waals surface area contributed by atoms with E-state index in [9.17, 15) is 18.0 Å². The van der Waals surface area contributed by atoms with Crippen LogP contribution >= 0.6 is 11.6 Å². The number of hydrogen-bond donors (Lipinski definition) is 1. The molecule has 0 aliphatic rings. The van der Waals surface area contributed by atoms with E-state index in [0.717, 1.165) is 23.4 Å². The number of nitrogens with one attached hydrogen (secondary N) is 1. The highest BCUT2D eigenvalue weighted by molar-refractivity contribution is 6.31. The minimum Gasteiger partial charge on any atom is -0.352 e. The Labute approximate surface area is 136 Å². The molecule has 0 aliphatic heterocycles. The molecule has 122 valence electrons. The summed E-state index contributed by atoms with van der Waals surface area (Å²) in [5.74, 6) is -0.764. The van der Waals surface area contributed by atoms with Crippen LogP contribution in [0.1, 0.15) is 27.2 Å². The summed E-state index contributed by atoms with van der Waals surface area (Å²) in [5, 5.41) is 2.95. The summed E-state index contributed by atoms with van der Waals surface area (Å²) < 4.78 is 38.7. The fourth-order valence-electron chi connectivity index (χ4n) is 2.13. The molecule has 23 heavy (non-hydrogen) atoms. The highest BCUT2D eigenvalue weighted by Gasteiger charge is 2.34. The molecule has 1 amide bonds. The number of aromatic nitrogens is 1. The third-order valence-electron chi connectivity index (χ3n) is 3.23. The summed E-state index contributed by atoms with van der Waals surface area (Å²) in [6.07, 6.45) is -2.66. The largest absolute Gasteiger partial charge is 0.417 e. The number of benzene rings is 1. The second-order valence-electron chi connectivity index (χ2n) is 4.97. The smallest absolute Gasteiger partial charge is 0.352 e. The summed E-state index contributed by atoms with van der Waals surface area (Å²) in [7, 11) is 0.